The van der Waals surface area contributed by atoms with Gasteiger partial charge in [0.25, 0.3) is 0 Å². The molecule has 1 aliphatic carbocycles. The van der Waals surface area contributed by atoms with Gasteiger partial charge in [-0.05, 0) is 43.5 Å². The van der Waals surface area contributed by atoms with Crippen molar-refractivity contribution in [2.24, 2.45) is 0 Å². The van der Waals surface area contributed by atoms with Crippen LogP contribution in [0.5, 0.6) is 0 Å². The first-order valence-corrected chi connectivity index (χ1v) is 7.68. The first-order valence-electron chi connectivity index (χ1n) is 7.68. The second-order valence-electron chi connectivity index (χ2n) is 5.68. The molecule has 4 heteroatoms. The van der Waals surface area contributed by atoms with Crippen molar-refractivity contribution < 1.29 is 18.3 Å². The molecular weight excluding hydrogens is 274 g/mol. The van der Waals surface area contributed by atoms with Gasteiger partial charge in [0.15, 0.2) is 5.78 Å². The number of hydrogen-bond acceptors (Lipinski definition) is 2. The van der Waals surface area contributed by atoms with Crippen LogP contribution < -0.4 is 0 Å². The first-order chi connectivity index (χ1) is 10.1. The lowest BCUT2D eigenvalue weighted by Crippen LogP contribution is -2.42. The summed E-state index contributed by atoms with van der Waals surface area (Å²) < 4.78 is 32.8. The smallest absolute Gasteiger partial charge is 0.169 e. The Hall–Kier alpha value is -1.29. The first kappa shape index (κ1) is 16.1. The summed E-state index contributed by atoms with van der Waals surface area (Å²) in [7, 11) is 0. The standard InChI is InChI=1S/C17H22F2O2/c1-2-21-17(9-5-3-4-6-10-17)16(20)12-13-11-14(18)7-8-15(13)19/h7-8,11H,2-6,9-10,12H2,1H3. The number of benzene rings is 1. The molecule has 0 bridgehead atoms. The lowest BCUT2D eigenvalue weighted by Gasteiger charge is -2.31. The van der Waals surface area contributed by atoms with E-state index in [0.717, 1.165) is 43.9 Å². The van der Waals surface area contributed by atoms with E-state index in [1.54, 1.807) is 0 Å². The molecule has 0 heterocycles. The quantitative estimate of drug-likeness (QED) is 0.761. The van der Waals surface area contributed by atoms with Crippen LogP contribution in [0.1, 0.15) is 51.0 Å². The van der Waals surface area contributed by atoms with Gasteiger partial charge in [0.2, 0.25) is 0 Å². The highest BCUT2D eigenvalue weighted by molar-refractivity contribution is 5.89. The molecule has 0 aliphatic heterocycles. The van der Waals surface area contributed by atoms with Gasteiger partial charge in [0.05, 0.1) is 0 Å². The van der Waals surface area contributed by atoms with E-state index in [1.165, 1.54) is 0 Å². The average molecular weight is 296 g/mol. The summed E-state index contributed by atoms with van der Waals surface area (Å²) in [5.41, 5.74) is -0.701. The number of carbonyl (C=O) groups excluding carboxylic acids is 1. The SMILES string of the molecule is CCOC1(C(=O)Cc2cc(F)ccc2F)CCCCCC1. The third-order valence-electron chi connectivity index (χ3n) is 4.20. The average Bonchev–Trinajstić information content (AvgIpc) is 2.70. The van der Waals surface area contributed by atoms with Gasteiger partial charge in [-0.1, -0.05) is 25.7 Å². The van der Waals surface area contributed by atoms with Crippen molar-refractivity contribution in [2.45, 2.75) is 57.5 Å². The third kappa shape index (κ3) is 3.88. The molecule has 2 nitrogen and oxygen atoms in total. The molecule has 1 aromatic rings. The molecule has 116 valence electrons. The Morgan fingerprint density at radius 1 is 1.19 bits per heavy atom. The van der Waals surface area contributed by atoms with Crippen molar-refractivity contribution in [1.29, 1.82) is 0 Å². The third-order valence-corrected chi connectivity index (χ3v) is 4.20. The van der Waals surface area contributed by atoms with Gasteiger partial charge in [-0.15, -0.1) is 0 Å². The Morgan fingerprint density at radius 2 is 1.86 bits per heavy atom. The van der Waals surface area contributed by atoms with E-state index < -0.39 is 17.2 Å². The molecule has 0 unspecified atom stereocenters. The minimum atomic E-state index is -0.815. The van der Waals surface area contributed by atoms with Crippen LogP contribution in [0.25, 0.3) is 0 Å². The van der Waals surface area contributed by atoms with E-state index in [4.69, 9.17) is 4.74 Å². The summed E-state index contributed by atoms with van der Waals surface area (Å²) in [6.45, 7) is 2.32. The molecule has 0 saturated heterocycles. The molecule has 0 radical (unpaired) electrons. The number of carbonyl (C=O) groups is 1. The van der Waals surface area contributed by atoms with Gasteiger partial charge in [-0.3, -0.25) is 4.79 Å². The normalized spacial score (nSPS) is 18.2. The summed E-state index contributed by atoms with van der Waals surface area (Å²) in [6.07, 6.45) is 5.32. The summed E-state index contributed by atoms with van der Waals surface area (Å²) in [5.74, 6) is -1.19. The topological polar surface area (TPSA) is 26.3 Å². The van der Waals surface area contributed by atoms with Gasteiger partial charge in [-0.25, -0.2) is 8.78 Å². The molecule has 0 N–H and O–H groups in total. The number of hydrogen-bond donors (Lipinski definition) is 0. The Labute approximate surface area is 124 Å². The Bertz CT molecular complexity index is 492. The minimum absolute atomic E-state index is 0.108. The Balaban J connectivity index is 2.20. The fourth-order valence-corrected chi connectivity index (χ4v) is 3.09. The van der Waals surface area contributed by atoms with Crippen LogP contribution >= 0.6 is 0 Å². The van der Waals surface area contributed by atoms with Crippen LogP contribution in [0, 0.1) is 11.6 Å². The predicted octanol–water partition coefficient (Wildman–Crippen LogP) is 4.21. The van der Waals surface area contributed by atoms with Gasteiger partial charge in [0, 0.05) is 13.0 Å². The molecule has 1 fully saturated rings. The van der Waals surface area contributed by atoms with Crippen molar-refractivity contribution in [3.05, 3.63) is 35.4 Å². The van der Waals surface area contributed by atoms with Gasteiger partial charge in [0.1, 0.15) is 17.2 Å². The highest BCUT2D eigenvalue weighted by Crippen LogP contribution is 2.32. The minimum Gasteiger partial charge on any atom is -0.367 e. The number of rotatable bonds is 5. The van der Waals surface area contributed by atoms with E-state index >= 15 is 0 Å². The van der Waals surface area contributed by atoms with E-state index in [1.807, 2.05) is 6.92 Å². The van der Waals surface area contributed by atoms with Gasteiger partial charge in [-0.2, -0.15) is 0 Å². The summed E-state index contributed by atoms with van der Waals surface area (Å²) in [5, 5.41) is 0. The zero-order valence-corrected chi connectivity index (χ0v) is 12.5. The van der Waals surface area contributed by atoms with Crippen LogP contribution in [0.4, 0.5) is 8.78 Å². The van der Waals surface area contributed by atoms with E-state index in [-0.39, 0.29) is 17.8 Å². The predicted molar refractivity (Wildman–Crippen MR) is 77.1 cm³/mol. The van der Waals surface area contributed by atoms with Crippen LogP contribution in [0.2, 0.25) is 0 Å². The van der Waals surface area contributed by atoms with Crippen LogP contribution in [-0.2, 0) is 16.0 Å². The zero-order valence-electron chi connectivity index (χ0n) is 12.5. The lowest BCUT2D eigenvalue weighted by atomic mass is 9.86. The molecule has 0 spiro atoms. The maximum Gasteiger partial charge on any atom is 0.169 e. The monoisotopic (exact) mass is 296 g/mol. The number of ketones is 1. The summed E-state index contributed by atoms with van der Waals surface area (Å²) in [6, 6.07) is 3.23. The van der Waals surface area contributed by atoms with Gasteiger partial charge >= 0.3 is 0 Å². The molecule has 0 aromatic heterocycles. The zero-order chi connectivity index (χ0) is 15.3. The lowest BCUT2D eigenvalue weighted by molar-refractivity contribution is -0.145. The maximum atomic E-state index is 13.7. The highest BCUT2D eigenvalue weighted by Gasteiger charge is 2.39. The van der Waals surface area contributed by atoms with E-state index in [0.29, 0.717) is 19.4 Å². The van der Waals surface area contributed by atoms with Crippen molar-refractivity contribution in [2.75, 3.05) is 6.61 Å². The molecule has 1 aliphatic rings. The molecule has 1 aromatic carbocycles. The second kappa shape index (κ2) is 7.12. The summed E-state index contributed by atoms with van der Waals surface area (Å²) >= 11 is 0. The van der Waals surface area contributed by atoms with Crippen molar-refractivity contribution >= 4 is 5.78 Å². The molecular formula is C17H22F2O2. The fourth-order valence-electron chi connectivity index (χ4n) is 3.09. The van der Waals surface area contributed by atoms with Crippen molar-refractivity contribution in [3.63, 3.8) is 0 Å². The van der Waals surface area contributed by atoms with Crippen LogP contribution in [0.15, 0.2) is 18.2 Å². The van der Waals surface area contributed by atoms with E-state index in [2.05, 4.69) is 0 Å². The largest absolute Gasteiger partial charge is 0.367 e. The molecule has 0 amide bonds. The van der Waals surface area contributed by atoms with E-state index in [9.17, 15) is 13.6 Å². The highest BCUT2D eigenvalue weighted by atomic mass is 19.1. The van der Waals surface area contributed by atoms with Crippen LogP contribution in [0.3, 0.4) is 0 Å². The summed E-state index contributed by atoms with van der Waals surface area (Å²) in [4.78, 5) is 12.7. The van der Waals surface area contributed by atoms with Crippen molar-refractivity contribution in [3.8, 4) is 0 Å². The Kier molecular flexibility index (Phi) is 5.45. The van der Waals surface area contributed by atoms with Crippen LogP contribution in [-0.4, -0.2) is 18.0 Å². The number of halogens is 2. The Morgan fingerprint density at radius 3 is 2.48 bits per heavy atom. The number of ether oxygens (including phenoxy) is 1. The molecule has 1 saturated carbocycles. The molecule has 21 heavy (non-hydrogen) atoms. The number of Topliss-reactive ketones (excluding diaryl/α,β-unsaturated/α-hetero) is 1. The van der Waals surface area contributed by atoms with Crippen molar-refractivity contribution in [1.82, 2.24) is 0 Å². The molecule has 2 rings (SSSR count). The fraction of sp³-hybridized carbons (Fsp3) is 0.588. The van der Waals surface area contributed by atoms with Gasteiger partial charge < -0.3 is 4.74 Å². The second-order valence-corrected chi connectivity index (χ2v) is 5.68. The molecule has 0 atom stereocenters. The maximum absolute atomic E-state index is 13.7.